The Balaban J connectivity index is 1.60. The third-order valence-corrected chi connectivity index (χ3v) is 3.89. The van der Waals surface area contributed by atoms with Gasteiger partial charge >= 0.3 is 0 Å². The highest BCUT2D eigenvalue weighted by Crippen LogP contribution is 2.21. The van der Waals surface area contributed by atoms with Crippen LogP contribution in [-0.4, -0.2) is 48.2 Å². The molecule has 1 aromatic rings. The second kappa shape index (κ2) is 4.87. The number of nitrogens with zero attached hydrogens (tertiary/aromatic N) is 2. The lowest BCUT2D eigenvalue weighted by atomic mass is 9.91. The molecule has 0 atom stereocenters. The van der Waals surface area contributed by atoms with Crippen molar-refractivity contribution in [2.45, 2.75) is 24.4 Å². The Labute approximate surface area is 107 Å². The van der Waals surface area contributed by atoms with Crippen LogP contribution in [0.3, 0.4) is 0 Å². The summed E-state index contributed by atoms with van der Waals surface area (Å²) < 4.78 is 7.41. The summed E-state index contributed by atoms with van der Waals surface area (Å²) in [6.45, 7) is 4.31. The lowest BCUT2D eigenvalue weighted by molar-refractivity contribution is 0.0574. The molecule has 0 aliphatic carbocycles. The van der Waals surface area contributed by atoms with E-state index >= 15 is 0 Å². The van der Waals surface area contributed by atoms with E-state index in [2.05, 4.69) is 20.4 Å². The van der Waals surface area contributed by atoms with Crippen LogP contribution in [0.1, 0.15) is 18.9 Å². The van der Waals surface area contributed by atoms with E-state index in [-0.39, 0.29) is 5.54 Å². The Bertz CT molecular complexity index is 395. The van der Waals surface area contributed by atoms with E-state index in [9.17, 15) is 0 Å². The van der Waals surface area contributed by atoms with Crippen molar-refractivity contribution in [3.8, 4) is 0 Å². The van der Waals surface area contributed by atoms with Crippen LogP contribution in [0.25, 0.3) is 0 Å². The van der Waals surface area contributed by atoms with Crippen molar-refractivity contribution < 1.29 is 4.74 Å². The van der Waals surface area contributed by atoms with Crippen molar-refractivity contribution in [3.63, 3.8) is 0 Å². The molecule has 3 heterocycles. The van der Waals surface area contributed by atoms with E-state index < -0.39 is 0 Å². The van der Waals surface area contributed by atoms with Gasteiger partial charge in [-0.15, -0.1) is 0 Å². The molecule has 0 unspecified atom stereocenters. The third kappa shape index (κ3) is 2.36. The normalized spacial score (nSPS) is 23.6. The van der Waals surface area contributed by atoms with Crippen molar-refractivity contribution in [2.24, 2.45) is 5.73 Å². The highest BCUT2D eigenvalue weighted by molar-refractivity contribution is 5.35. The fourth-order valence-electron chi connectivity index (χ4n) is 2.41. The van der Waals surface area contributed by atoms with Crippen molar-refractivity contribution in [3.05, 3.63) is 12.3 Å². The van der Waals surface area contributed by atoms with E-state index in [0.29, 0.717) is 6.04 Å². The zero-order valence-corrected chi connectivity index (χ0v) is 10.6. The first-order chi connectivity index (χ1) is 8.77. The molecule has 2 fully saturated rings. The Morgan fingerprint density at radius 1 is 1.50 bits per heavy atom. The summed E-state index contributed by atoms with van der Waals surface area (Å²) in [6, 6.07) is 2.49. The minimum atomic E-state index is -0.148. The molecule has 6 heteroatoms. The molecule has 2 aliphatic heterocycles. The fourth-order valence-corrected chi connectivity index (χ4v) is 2.41. The first-order valence-electron chi connectivity index (χ1n) is 6.62. The molecule has 2 aliphatic rings. The van der Waals surface area contributed by atoms with Crippen molar-refractivity contribution in [1.29, 1.82) is 0 Å². The summed E-state index contributed by atoms with van der Waals surface area (Å²) in [6.07, 6.45) is 3.67. The van der Waals surface area contributed by atoms with Gasteiger partial charge < -0.3 is 21.1 Å². The molecule has 4 N–H and O–H groups in total. The van der Waals surface area contributed by atoms with Crippen molar-refractivity contribution in [2.75, 3.05) is 38.2 Å². The monoisotopic (exact) mass is 251 g/mol. The summed E-state index contributed by atoms with van der Waals surface area (Å²) in [5, 5.41) is 11.1. The number of hydrogen-bond donors (Lipinski definition) is 3. The molecular weight excluding hydrogens is 230 g/mol. The smallest absolute Gasteiger partial charge is 0.124 e. The predicted molar refractivity (Wildman–Crippen MR) is 69.6 cm³/mol. The molecule has 3 rings (SSSR count). The highest BCUT2D eigenvalue weighted by Gasteiger charge is 2.28. The van der Waals surface area contributed by atoms with E-state index in [4.69, 9.17) is 10.5 Å². The summed E-state index contributed by atoms with van der Waals surface area (Å²) in [5.41, 5.74) is 6.22. The lowest BCUT2D eigenvalue weighted by Gasteiger charge is -2.34. The summed E-state index contributed by atoms with van der Waals surface area (Å²) in [7, 11) is 0. The number of nitrogens with one attached hydrogen (secondary N) is 2. The van der Waals surface area contributed by atoms with Gasteiger partial charge in [-0.2, -0.15) is 5.10 Å². The first kappa shape index (κ1) is 12.0. The average molecular weight is 251 g/mol. The maximum absolute atomic E-state index is 6.36. The molecule has 2 saturated heterocycles. The Morgan fingerprint density at radius 2 is 2.28 bits per heavy atom. The van der Waals surface area contributed by atoms with Crippen LogP contribution in [-0.2, 0) is 4.74 Å². The summed E-state index contributed by atoms with van der Waals surface area (Å²) in [5.74, 6) is 1.07. The predicted octanol–water partition coefficient (Wildman–Crippen LogP) is -0.0528. The van der Waals surface area contributed by atoms with E-state index in [1.165, 1.54) is 0 Å². The van der Waals surface area contributed by atoms with Gasteiger partial charge in [-0.05, 0) is 12.8 Å². The van der Waals surface area contributed by atoms with Gasteiger partial charge in [-0.3, -0.25) is 0 Å². The zero-order chi connectivity index (χ0) is 12.4. The maximum Gasteiger partial charge on any atom is 0.124 e. The van der Waals surface area contributed by atoms with E-state index in [1.54, 1.807) is 0 Å². The van der Waals surface area contributed by atoms with Gasteiger partial charge in [0.25, 0.3) is 0 Å². The van der Waals surface area contributed by atoms with E-state index in [0.717, 1.165) is 51.5 Å². The minimum Gasteiger partial charge on any atom is -0.381 e. The fraction of sp³-hybridized carbons (Fsp3) is 0.750. The third-order valence-electron chi connectivity index (χ3n) is 3.89. The number of nitrogens with two attached hydrogens (primary N) is 1. The van der Waals surface area contributed by atoms with Crippen LogP contribution in [0.5, 0.6) is 0 Å². The van der Waals surface area contributed by atoms with Crippen LogP contribution < -0.4 is 16.4 Å². The van der Waals surface area contributed by atoms with Gasteiger partial charge in [0.1, 0.15) is 5.82 Å². The Hall–Kier alpha value is -1.11. The summed E-state index contributed by atoms with van der Waals surface area (Å²) in [4.78, 5) is 0. The molecule has 0 spiro atoms. The minimum absolute atomic E-state index is 0.148. The van der Waals surface area contributed by atoms with Gasteiger partial charge in [0.2, 0.25) is 0 Å². The van der Waals surface area contributed by atoms with E-state index in [1.807, 2.05) is 12.3 Å². The van der Waals surface area contributed by atoms with Gasteiger partial charge in [-0.1, -0.05) is 0 Å². The molecule has 0 aromatic carbocycles. The number of ether oxygens (including phenoxy) is 1. The van der Waals surface area contributed by atoms with Crippen LogP contribution >= 0.6 is 0 Å². The van der Waals surface area contributed by atoms with Gasteiger partial charge in [0.05, 0.1) is 12.2 Å². The number of rotatable bonds is 4. The second-order valence-electron chi connectivity index (χ2n) is 5.30. The largest absolute Gasteiger partial charge is 0.381 e. The van der Waals surface area contributed by atoms with Crippen LogP contribution in [0.15, 0.2) is 12.3 Å². The molecule has 18 heavy (non-hydrogen) atoms. The molecule has 0 bridgehead atoms. The molecule has 0 radical (unpaired) electrons. The van der Waals surface area contributed by atoms with Gasteiger partial charge in [0, 0.05) is 44.5 Å². The van der Waals surface area contributed by atoms with Crippen LogP contribution in [0.2, 0.25) is 0 Å². The quantitative estimate of drug-likeness (QED) is 0.699. The second-order valence-corrected chi connectivity index (χ2v) is 5.30. The molecule has 0 saturated carbocycles. The topological polar surface area (TPSA) is 77.1 Å². The average Bonchev–Trinajstić information content (AvgIpc) is 2.74. The van der Waals surface area contributed by atoms with Crippen LogP contribution in [0, 0.1) is 0 Å². The number of hydrogen-bond acceptors (Lipinski definition) is 5. The number of anilines is 1. The molecule has 6 nitrogen and oxygen atoms in total. The lowest BCUT2D eigenvalue weighted by Crippen LogP contribution is -2.51. The maximum atomic E-state index is 6.36. The van der Waals surface area contributed by atoms with Gasteiger partial charge in [-0.25, -0.2) is 4.68 Å². The Morgan fingerprint density at radius 3 is 2.94 bits per heavy atom. The standard InChI is InChI=1S/C12H21N5O/c13-12(2-5-18-6-3-12)9-15-11-1-4-16-17(11)10-7-14-8-10/h1,4,10,14-15H,2-3,5-9,13H2. The zero-order valence-electron chi connectivity index (χ0n) is 10.6. The summed E-state index contributed by atoms with van der Waals surface area (Å²) >= 11 is 0. The van der Waals surface area contributed by atoms with Crippen LogP contribution in [0.4, 0.5) is 5.82 Å². The Kier molecular flexibility index (Phi) is 3.23. The molecule has 0 amide bonds. The highest BCUT2D eigenvalue weighted by atomic mass is 16.5. The van der Waals surface area contributed by atoms with Gasteiger partial charge in [0.15, 0.2) is 0 Å². The molecule has 1 aromatic heterocycles. The number of aromatic nitrogens is 2. The molecule has 100 valence electrons. The first-order valence-corrected chi connectivity index (χ1v) is 6.62. The van der Waals surface area contributed by atoms with Crippen molar-refractivity contribution in [1.82, 2.24) is 15.1 Å². The molecular formula is C12H21N5O. The van der Waals surface area contributed by atoms with Crippen molar-refractivity contribution >= 4 is 5.82 Å². The SMILES string of the molecule is NC1(CNc2ccnn2C2CNC2)CCOCC1.